The number of likely N-dealkylation sites (tertiary alicyclic amines) is 1. The van der Waals surface area contributed by atoms with Crippen LogP contribution < -0.4 is 0 Å². The molecule has 1 unspecified atom stereocenters. The van der Waals surface area contributed by atoms with Gasteiger partial charge in [-0.15, -0.1) is 0 Å². The number of hydrogen-bond donors (Lipinski definition) is 2. The van der Waals surface area contributed by atoms with Crippen molar-refractivity contribution in [3.05, 3.63) is 0 Å². The number of carbonyl (C=O) groups is 2. The smallest absolute Gasteiger partial charge is 0.407 e. The Bertz CT molecular complexity index is 204. The zero-order valence-corrected chi connectivity index (χ0v) is 6.56. The van der Waals surface area contributed by atoms with E-state index in [4.69, 9.17) is 10.2 Å². The maximum Gasteiger partial charge on any atom is 0.407 e. The highest BCUT2D eigenvalue weighted by atomic mass is 16.4. The summed E-state index contributed by atoms with van der Waals surface area (Å²) >= 11 is 0. The number of carboxylic acid groups (broad SMARTS) is 2. The van der Waals surface area contributed by atoms with Gasteiger partial charge in [0, 0.05) is 19.5 Å². The van der Waals surface area contributed by atoms with Gasteiger partial charge in [0.05, 0.1) is 0 Å². The van der Waals surface area contributed by atoms with E-state index < -0.39 is 12.1 Å². The summed E-state index contributed by atoms with van der Waals surface area (Å²) in [5.41, 5.74) is 0. The standard InChI is InChI=1S/C7H11NO4/c9-6(10)3-5-1-2-8(4-5)7(11)12/h5H,1-4H2,(H,9,10)(H,11,12). The molecular formula is C7H11NO4. The summed E-state index contributed by atoms with van der Waals surface area (Å²) in [5.74, 6) is -0.856. The van der Waals surface area contributed by atoms with Crippen LogP contribution in [-0.4, -0.2) is 40.3 Å². The van der Waals surface area contributed by atoms with Gasteiger partial charge in [-0.3, -0.25) is 4.79 Å². The van der Waals surface area contributed by atoms with Crippen molar-refractivity contribution < 1.29 is 19.8 Å². The fraction of sp³-hybridized carbons (Fsp3) is 0.714. The van der Waals surface area contributed by atoms with Crippen molar-refractivity contribution in [3.63, 3.8) is 0 Å². The molecule has 1 amide bonds. The van der Waals surface area contributed by atoms with Crippen LogP contribution in [0.3, 0.4) is 0 Å². The highest BCUT2D eigenvalue weighted by Crippen LogP contribution is 2.19. The Hall–Kier alpha value is -1.26. The van der Waals surface area contributed by atoms with E-state index in [2.05, 4.69) is 0 Å². The molecule has 0 aliphatic carbocycles. The van der Waals surface area contributed by atoms with Crippen molar-refractivity contribution in [1.82, 2.24) is 4.90 Å². The fourth-order valence-electron chi connectivity index (χ4n) is 1.42. The summed E-state index contributed by atoms with van der Waals surface area (Å²) in [4.78, 5) is 21.9. The normalized spacial score (nSPS) is 22.7. The SMILES string of the molecule is O=C(O)CC1CCN(C(=O)O)C1. The molecule has 68 valence electrons. The van der Waals surface area contributed by atoms with Crippen molar-refractivity contribution in [2.75, 3.05) is 13.1 Å². The minimum atomic E-state index is -0.956. The predicted molar refractivity (Wildman–Crippen MR) is 40.0 cm³/mol. The third-order valence-corrected chi connectivity index (χ3v) is 2.02. The lowest BCUT2D eigenvalue weighted by atomic mass is 10.1. The fourth-order valence-corrected chi connectivity index (χ4v) is 1.42. The molecule has 0 aromatic heterocycles. The summed E-state index contributed by atoms with van der Waals surface area (Å²) in [6.07, 6.45) is -0.217. The van der Waals surface area contributed by atoms with E-state index in [0.717, 1.165) is 0 Å². The van der Waals surface area contributed by atoms with Crippen LogP contribution in [0.2, 0.25) is 0 Å². The van der Waals surface area contributed by atoms with Gasteiger partial charge >= 0.3 is 12.1 Å². The first-order chi connectivity index (χ1) is 5.59. The third-order valence-electron chi connectivity index (χ3n) is 2.02. The molecule has 2 N–H and O–H groups in total. The maximum absolute atomic E-state index is 10.4. The molecule has 5 nitrogen and oxygen atoms in total. The van der Waals surface area contributed by atoms with Gasteiger partial charge < -0.3 is 15.1 Å². The Morgan fingerprint density at radius 3 is 2.50 bits per heavy atom. The number of carboxylic acids is 1. The number of aliphatic carboxylic acids is 1. The van der Waals surface area contributed by atoms with E-state index in [9.17, 15) is 9.59 Å². The second-order valence-corrected chi connectivity index (χ2v) is 2.98. The second kappa shape index (κ2) is 3.42. The third kappa shape index (κ3) is 2.11. The molecule has 1 aliphatic rings. The summed E-state index contributed by atoms with van der Waals surface area (Å²) in [6, 6.07) is 0. The highest BCUT2D eigenvalue weighted by Gasteiger charge is 2.27. The van der Waals surface area contributed by atoms with Crippen LogP contribution in [0.4, 0.5) is 4.79 Å². The van der Waals surface area contributed by atoms with Gasteiger partial charge in [0.15, 0.2) is 0 Å². The van der Waals surface area contributed by atoms with Crippen LogP contribution in [0.15, 0.2) is 0 Å². The molecule has 1 rings (SSSR count). The van der Waals surface area contributed by atoms with Gasteiger partial charge in [0.1, 0.15) is 0 Å². The van der Waals surface area contributed by atoms with Gasteiger partial charge in [-0.05, 0) is 12.3 Å². The van der Waals surface area contributed by atoms with E-state index in [1.54, 1.807) is 0 Å². The Labute approximate surface area is 69.6 Å². The lowest BCUT2D eigenvalue weighted by Gasteiger charge is -2.10. The first kappa shape index (κ1) is 8.83. The Morgan fingerprint density at radius 2 is 2.08 bits per heavy atom. The summed E-state index contributed by atoms with van der Waals surface area (Å²) in [6.45, 7) is 0.828. The monoisotopic (exact) mass is 173 g/mol. The van der Waals surface area contributed by atoms with E-state index in [-0.39, 0.29) is 12.3 Å². The van der Waals surface area contributed by atoms with Crippen molar-refractivity contribution >= 4 is 12.1 Å². The molecule has 0 bridgehead atoms. The molecule has 1 saturated heterocycles. The lowest BCUT2D eigenvalue weighted by Crippen LogP contribution is -2.26. The van der Waals surface area contributed by atoms with E-state index in [0.29, 0.717) is 19.5 Å². The maximum atomic E-state index is 10.4. The topological polar surface area (TPSA) is 77.8 Å². The average Bonchev–Trinajstić information content (AvgIpc) is 2.34. The van der Waals surface area contributed by atoms with E-state index in [1.807, 2.05) is 0 Å². The quantitative estimate of drug-likeness (QED) is 0.635. The van der Waals surface area contributed by atoms with Gasteiger partial charge in [0.2, 0.25) is 0 Å². The molecular weight excluding hydrogens is 162 g/mol. The summed E-state index contributed by atoms with van der Waals surface area (Å²) in [7, 11) is 0. The van der Waals surface area contributed by atoms with Gasteiger partial charge in [-0.1, -0.05) is 0 Å². The van der Waals surface area contributed by atoms with Gasteiger partial charge in [-0.25, -0.2) is 4.79 Å². The van der Waals surface area contributed by atoms with E-state index >= 15 is 0 Å². The molecule has 1 heterocycles. The van der Waals surface area contributed by atoms with E-state index in [1.165, 1.54) is 4.90 Å². The van der Waals surface area contributed by atoms with Gasteiger partial charge in [0.25, 0.3) is 0 Å². The first-order valence-electron chi connectivity index (χ1n) is 3.79. The highest BCUT2D eigenvalue weighted by molar-refractivity contribution is 5.68. The zero-order valence-electron chi connectivity index (χ0n) is 6.56. The molecule has 1 fully saturated rings. The molecule has 1 atom stereocenters. The largest absolute Gasteiger partial charge is 0.481 e. The number of rotatable bonds is 2. The molecule has 0 aromatic rings. The Morgan fingerprint density at radius 1 is 1.42 bits per heavy atom. The molecule has 0 spiro atoms. The summed E-state index contributed by atoms with van der Waals surface area (Å²) in [5, 5.41) is 17.0. The predicted octanol–water partition coefficient (Wildman–Crippen LogP) is 0.461. The number of nitrogens with zero attached hydrogens (tertiary/aromatic N) is 1. The molecule has 0 radical (unpaired) electrons. The van der Waals surface area contributed by atoms with Crippen LogP contribution in [0.1, 0.15) is 12.8 Å². The molecule has 0 aromatic carbocycles. The van der Waals surface area contributed by atoms with Crippen LogP contribution in [0.25, 0.3) is 0 Å². The molecule has 1 aliphatic heterocycles. The molecule has 0 saturated carbocycles. The average molecular weight is 173 g/mol. The minimum Gasteiger partial charge on any atom is -0.481 e. The van der Waals surface area contributed by atoms with Crippen molar-refractivity contribution in [1.29, 1.82) is 0 Å². The zero-order chi connectivity index (χ0) is 9.14. The van der Waals surface area contributed by atoms with Crippen molar-refractivity contribution in [3.8, 4) is 0 Å². The van der Waals surface area contributed by atoms with Crippen LogP contribution in [-0.2, 0) is 4.79 Å². The number of hydrogen-bond acceptors (Lipinski definition) is 2. The number of amides is 1. The first-order valence-corrected chi connectivity index (χ1v) is 3.79. The minimum absolute atomic E-state index is 0.00130. The molecule has 5 heteroatoms. The second-order valence-electron chi connectivity index (χ2n) is 2.98. The van der Waals surface area contributed by atoms with Gasteiger partial charge in [-0.2, -0.15) is 0 Å². The van der Waals surface area contributed by atoms with Crippen LogP contribution in [0.5, 0.6) is 0 Å². The van der Waals surface area contributed by atoms with Crippen molar-refractivity contribution in [2.45, 2.75) is 12.8 Å². The van der Waals surface area contributed by atoms with Crippen LogP contribution >= 0.6 is 0 Å². The Balaban J connectivity index is 2.35. The van der Waals surface area contributed by atoms with Crippen molar-refractivity contribution in [2.24, 2.45) is 5.92 Å². The lowest BCUT2D eigenvalue weighted by molar-refractivity contribution is -0.138. The van der Waals surface area contributed by atoms with Crippen LogP contribution in [0, 0.1) is 5.92 Å². The molecule has 12 heavy (non-hydrogen) atoms. The Kier molecular flexibility index (Phi) is 2.52. The summed E-state index contributed by atoms with van der Waals surface area (Å²) < 4.78 is 0.